The van der Waals surface area contributed by atoms with Crippen molar-refractivity contribution in [2.45, 2.75) is 18.5 Å². The van der Waals surface area contributed by atoms with Crippen LogP contribution >= 0.6 is 0 Å². The zero-order valence-electron chi connectivity index (χ0n) is 17.5. The molecule has 6 heteroatoms. The van der Waals surface area contributed by atoms with E-state index in [1.54, 1.807) is 40.1 Å². The molecule has 6 nitrogen and oxygen atoms in total. The van der Waals surface area contributed by atoms with E-state index in [0.717, 1.165) is 16.8 Å². The van der Waals surface area contributed by atoms with Gasteiger partial charge in [0.25, 0.3) is 0 Å². The molecule has 156 valence electrons. The number of benzene rings is 3. The molecule has 0 N–H and O–H groups in total. The highest BCUT2D eigenvalue weighted by Crippen LogP contribution is 2.51. The van der Waals surface area contributed by atoms with Crippen molar-refractivity contribution in [3.05, 3.63) is 95.1 Å². The van der Waals surface area contributed by atoms with E-state index in [0.29, 0.717) is 30.0 Å². The van der Waals surface area contributed by atoms with Crippen molar-refractivity contribution in [2.75, 3.05) is 23.0 Å². The highest BCUT2D eigenvalue weighted by atomic mass is 16.5. The lowest BCUT2D eigenvalue weighted by Gasteiger charge is -2.47. The predicted octanol–water partition coefficient (Wildman–Crippen LogP) is 4.70. The Labute approximate surface area is 186 Å². The Kier molecular flexibility index (Phi) is 4.66. The van der Waals surface area contributed by atoms with E-state index in [2.05, 4.69) is 12.1 Å². The van der Waals surface area contributed by atoms with Crippen LogP contribution in [0.25, 0.3) is 0 Å². The Bertz CT molecular complexity index is 1260. The number of rotatable bonds is 3. The Morgan fingerprint density at radius 2 is 1.56 bits per heavy atom. The number of amides is 2. The number of aryl methyl sites for hydroxylation is 1. The van der Waals surface area contributed by atoms with Gasteiger partial charge in [0.1, 0.15) is 5.54 Å². The van der Waals surface area contributed by atoms with Crippen molar-refractivity contribution in [1.82, 2.24) is 0 Å². The molecule has 1 atom stereocenters. The van der Waals surface area contributed by atoms with Gasteiger partial charge in [0.05, 0.1) is 42.5 Å². The molecule has 2 aliphatic heterocycles. The van der Waals surface area contributed by atoms with Crippen molar-refractivity contribution < 1.29 is 9.53 Å². The summed E-state index contributed by atoms with van der Waals surface area (Å²) in [5.41, 5.74) is 3.96. The first-order chi connectivity index (χ1) is 15.6. The average molecular weight is 420 g/mol. The standard InChI is InChI=1S/C26H20N4O2/c1-18-5-9-22(10-6-18)29-24(21-4-2-3-20(13-21)15-28)26(16-32-17-26)30(25(29)31)23-11-7-19(14-27)8-12-23/h2-13,24H,16-17H2,1H3/t24-/m1/s1. The van der Waals surface area contributed by atoms with E-state index >= 15 is 0 Å². The van der Waals surface area contributed by atoms with Crippen LogP contribution in [0.5, 0.6) is 0 Å². The number of hydrogen-bond donors (Lipinski definition) is 0. The summed E-state index contributed by atoms with van der Waals surface area (Å²) in [4.78, 5) is 17.6. The van der Waals surface area contributed by atoms with Gasteiger partial charge in [-0.05, 0) is 61.0 Å². The second-order valence-electron chi connectivity index (χ2n) is 8.22. The second-order valence-corrected chi connectivity index (χ2v) is 8.22. The molecule has 0 aliphatic carbocycles. The quantitative estimate of drug-likeness (QED) is 0.615. The summed E-state index contributed by atoms with van der Waals surface area (Å²) in [6.07, 6.45) is 0. The van der Waals surface area contributed by atoms with Crippen molar-refractivity contribution >= 4 is 17.4 Å². The minimum Gasteiger partial charge on any atom is -0.376 e. The number of ether oxygens (including phenoxy) is 1. The molecule has 0 saturated carbocycles. The fourth-order valence-electron chi connectivity index (χ4n) is 4.62. The summed E-state index contributed by atoms with van der Waals surface area (Å²) in [7, 11) is 0. The number of hydrogen-bond acceptors (Lipinski definition) is 4. The topological polar surface area (TPSA) is 80.4 Å². The van der Waals surface area contributed by atoms with Crippen LogP contribution in [0.15, 0.2) is 72.8 Å². The van der Waals surface area contributed by atoms with Crippen LogP contribution in [-0.2, 0) is 4.74 Å². The van der Waals surface area contributed by atoms with Crippen molar-refractivity contribution in [1.29, 1.82) is 10.5 Å². The fourth-order valence-corrected chi connectivity index (χ4v) is 4.62. The maximum absolute atomic E-state index is 14.0. The van der Waals surface area contributed by atoms with E-state index in [-0.39, 0.29) is 12.1 Å². The van der Waals surface area contributed by atoms with E-state index in [1.807, 2.05) is 49.4 Å². The Morgan fingerprint density at radius 1 is 0.906 bits per heavy atom. The fraction of sp³-hybridized carbons (Fsp3) is 0.192. The molecular formula is C26H20N4O2. The normalized spacial score (nSPS) is 18.8. The largest absolute Gasteiger partial charge is 0.376 e. The second kappa shape index (κ2) is 7.53. The van der Waals surface area contributed by atoms with Gasteiger partial charge in [-0.2, -0.15) is 10.5 Å². The molecule has 3 aromatic carbocycles. The summed E-state index contributed by atoms with van der Waals surface area (Å²) in [6.45, 7) is 2.76. The first-order valence-electron chi connectivity index (χ1n) is 10.4. The summed E-state index contributed by atoms with van der Waals surface area (Å²) in [5.74, 6) is 0. The molecule has 1 spiro atoms. The number of urea groups is 1. The monoisotopic (exact) mass is 420 g/mol. The number of nitriles is 2. The first-order valence-corrected chi connectivity index (χ1v) is 10.4. The summed E-state index contributed by atoms with van der Waals surface area (Å²) in [5, 5.41) is 18.6. The third-order valence-corrected chi connectivity index (χ3v) is 6.21. The molecule has 2 fully saturated rings. The summed E-state index contributed by atoms with van der Waals surface area (Å²) in [6, 6.07) is 26.2. The van der Waals surface area contributed by atoms with E-state index in [4.69, 9.17) is 4.74 Å². The molecule has 2 heterocycles. The number of carbonyl (C=O) groups excluding carboxylic acids is 1. The SMILES string of the molecule is Cc1ccc(N2C(=O)N(c3ccc(C#N)cc3)C3(COC3)[C@H]2c2cccc(C#N)c2)cc1. The van der Waals surface area contributed by atoms with E-state index in [1.165, 1.54) is 0 Å². The molecule has 2 saturated heterocycles. The maximum Gasteiger partial charge on any atom is 0.330 e. The van der Waals surface area contributed by atoms with Gasteiger partial charge in [0.2, 0.25) is 0 Å². The van der Waals surface area contributed by atoms with Crippen LogP contribution in [0.1, 0.15) is 28.3 Å². The minimum atomic E-state index is -0.621. The zero-order valence-corrected chi connectivity index (χ0v) is 17.5. The van der Waals surface area contributed by atoms with E-state index < -0.39 is 5.54 Å². The maximum atomic E-state index is 14.0. The van der Waals surface area contributed by atoms with Gasteiger partial charge in [-0.25, -0.2) is 4.79 Å². The Morgan fingerprint density at radius 3 is 2.16 bits per heavy atom. The van der Waals surface area contributed by atoms with Crippen LogP contribution in [0, 0.1) is 29.6 Å². The van der Waals surface area contributed by atoms with Crippen molar-refractivity contribution in [3.8, 4) is 12.1 Å². The lowest BCUT2D eigenvalue weighted by Crippen LogP contribution is -2.62. The van der Waals surface area contributed by atoms with Crippen molar-refractivity contribution in [2.24, 2.45) is 0 Å². The molecule has 0 bridgehead atoms. The molecule has 2 amide bonds. The van der Waals surface area contributed by atoms with Gasteiger partial charge in [0.15, 0.2) is 0 Å². The third-order valence-electron chi connectivity index (χ3n) is 6.21. The number of anilines is 2. The zero-order chi connectivity index (χ0) is 22.3. The van der Waals surface area contributed by atoms with E-state index in [9.17, 15) is 15.3 Å². The van der Waals surface area contributed by atoms with Crippen LogP contribution in [-0.4, -0.2) is 24.8 Å². The summed E-state index contributed by atoms with van der Waals surface area (Å²) < 4.78 is 5.68. The van der Waals surface area contributed by atoms with Gasteiger partial charge in [-0.1, -0.05) is 29.8 Å². The van der Waals surface area contributed by atoms with Crippen LogP contribution in [0.2, 0.25) is 0 Å². The van der Waals surface area contributed by atoms with Crippen LogP contribution in [0.4, 0.5) is 16.2 Å². The number of nitrogens with zero attached hydrogens (tertiary/aromatic N) is 4. The highest BCUT2D eigenvalue weighted by Gasteiger charge is 2.63. The number of carbonyl (C=O) groups is 1. The van der Waals surface area contributed by atoms with Crippen LogP contribution in [0.3, 0.4) is 0 Å². The minimum absolute atomic E-state index is 0.158. The van der Waals surface area contributed by atoms with Crippen LogP contribution < -0.4 is 9.80 Å². The molecular weight excluding hydrogens is 400 g/mol. The Hall–Kier alpha value is -4.13. The molecule has 0 aromatic heterocycles. The van der Waals surface area contributed by atoms with Gasteiger partial charge in [-0.3, -0.25) is 9.80 Å². The Balaban J connectivity index is 1.70. The molecule has 5 rings (SSSR count). The molecule has 0 radical (unpaired) electrons. The third kappa shape index (κ3) is 2.93. The average Bonchev–Trinajstić information content (AvgIpc) is 3.09. The predicted molar refractivity (Wildman–Crippen MR) is 120 cm³/mol. The lowest BCUT2D eigenvalue weighted by atomic mass is 9.82. The van der Waals surface area contributed by atoms with Gasteiger partial charge in [-0.15, -0.1) is 0 Å². The first kappa shape index (κ1) is 19.8. The molecule has 0 unspecified atom stereocenters. The summed E-state index contributed by atoms with van der Waals surface area (Å²) >= 11 is 0. The van der Waals surface area contributed by atoms with Gasteiger partial charge in [0, 0.05) is 11.4 Å². The molecule has 32 heavy (non-hydrogen) atoms. The lowest BCUT2D eigenvalue weighted by molar-refractivity contribution is -0.0580. The highest BCUT2D eigenvalue weighted by molar-refractivity contribution is 6.09. The molecule has 3 aromatic rings. The van der Waals surface area contributed by atoms with Gasteiger partial charge < -0.3 is 4.74 Å². The van der Waals surface area contributed by atoms with Crippen molar-refractivity contribution in [3.63, 3.8) is 0 Å². The van der Waals surface area contributed by atoms with Gasteiger partial charge >= 0.3 is 6.03 Å². The molecule has 2 aliphatic rings. The smallest absolute Gasteiger partial charge is 0.330 e.